The van der Waals surface area contributed by atoms with E-state index in [4.69, 9.17) is 15.8 Å². The van der Waals surface area contributed by atoms with E-state index in [2.05, 4.69) is 5.32 Å². The highest BCUT2D eigenvalue weighted by Crippen LogP contribution is 2.19. The SMILES string of the molecule is Cc1ccc(C(=O)c2cccc(NC(C#N)=C(C#N)C#N)c2)cc1C. The molecule has 0 amide bonds. The largest absolute Gasteiger partial charge is 0.345 e. The highest BCUT2D eigenvalue weighted by atomic mass is 16.1. The van der Waals surface area contributed by atoms with Gasteiger partial charge in [-0.3, -0.25) is 4.79 Å². The van der Waals surface area contributed by atoms with E-state index >= 15 is 0 Å². The predicted octanol–water partition coefficient (Wildman–Crippen LogP) is 3.77. The molecule has 0 saturated heterocycles. The van der Waals surface area contributed by atoms with Crippen LogP contribution in [0, 0.1) is 47.8 Å². The quantitative estimate of drug-likeness (QED) is 0.681. The Hall–Kier alpha value is -3.88. The first-order valence-corrected chi connectivity index (χ1v) is 7.43. The van der Waals surface area contributed by atoms with E-state index in [1.807, 2.05) is 26.0 Å². The van der Waals surface area contributed by atoms with Crippen LogP contribution < -0.4 is 5.32 Å². The van der Waals surface area contributed by atoms with Crippen molar-refractivity contribution in [3.05, 3.63) is 76.0 Å². The van der Waals surface area contributed by atoms with Crippen LogP contribution in [-0.4, -0.2) is 5.78 Å². The van der Waals surface area contributed by atoms with Gasteiger partial charge < -0.3 is 5.32 Å². The van der Waals surface area contributed by atoms with E-state index in [0.717, 1.165) is 11.1 Å². The highest BCUT2D eigenvalue weighted by molar-refractivity contribution is 6.09. The molecule has 0 bridgehead atoms. The summed E-state index contributed by atoms with van der Waals surface area (Å²) in [5, 5.41) is 29.6. The minimum atomic E-state index is -0.312. The van der Waals surface area contributed by atoms with Crippen LogP contribution in [0.25, 0.3) is 0 Å². The zero-order chi connectivity index (χ0) is 18.4. The van der Waals surface area contributed by atoms with Gasteiger partial charge in [0.1, 0.15) is 23.9 Å². The molecule has 25 heavy (non-hydrogen) atoms. The second-order valence-corrected chi connectivity index (χ2v) is 5.42. The Labute approximate surface area is 146 Å². The molecule has 5 nitrogen and oxygen atoms in total. The third-order valence-electron chi connectivity index (χ3n) is 3.75. The van der Waals surface area contributed by atoms with Crippen molar-refractivity contribution in [3.8, 4) is 18.2 Å². The summed E-state index contributed by atoms with van der Waals surface area (Å²) in [7, 11) is 0. The van der Waals surface area contributed by atoms with Crippen molar-refractivity contribution in [1.82, 2.24) is 0 Å². The molecule has 0 spiro atoms. The molecule has 0 aliphatic carbocycles. The summed E-state index contributed by atoms with van der Waals surface area (Å²) in [5.41, 5.74) is 3.15. The topological polar surface area (TPSA) is 100 Å². The van der Waals surface area contributed by atoms with Gasteiger partial charge in [0, 0.05) is 16.8 Å². The van der Waals surface area contributed by atoms with Crippen molar-refractivity contribution in [1.29, 1.82) is 15.8 Å². The number of anilines is 1. The number of allylic oxidation sites excluding steroid dienone is 2. The molecule has 0 fully saturated rings. The summed E-state index contributed by atoms with van der Waals surface area (Å²) >= 11 is 0. The summed E-state index contributed by atoms with van der Waals surface area (Å²) in [4.78, 5) is 12.7. The number of ketones is 1. The summed E-state index contributed by atoms with van der Waals surface area (Å²) in [6, 6.07) is 17.2. The normalized spacial score (nSPS) is 9.24. The lowest BCUT2D eigenvalue weighted by Gasteiger charge is -2.08. The smallest absolute Gasteiger partial charge is 0.193 e. The second kappa shape index (κ2) is 7.59. The first kappa shape index (κ1) is 17.5. The first-order chi connectivity index (χ1) is 12.0. The molecular weight excluding hydrogens is 312 g/mol. The molecule has 1 N–H and O–H groups in total. The summed E-state index contributed by atoms with van der Waals surface area (Å²) in [5.74, 6) is -0.143. The van der Waals surface area contributed by atoms with Crippen molar-refractivity contribution in [2.75, 3.05) is 5.32 Å². The van der Waals surface area contributed by atoms with Gasteiger partial charge in [-0.15, -0.1) is 0 Å². The number of rotatable bonds is 4. The molecular formula is C20H14N4O. The Kier molecular flexibility index (Phi) is 5.31. The lowest BCUT2D eigenvalue weighted by molar-refractivity contribution is 0.103. The van der Waals surface area contributed by atoms with Crippen LogP contribution in [-0.2, 0) is 0 Å². The van der Waals surface area contributed by atoms with Crippen LogP contribution in [0.2, 0.25) is 0 Å². The maximum atomic E-state index is 12.7. The molecule has 0 atom stereocenters. The van der Waals surface area contributed by atoms with Gasteiger partial charge in [-0.05, 0) is 43.2 Å². The molecule has 0 aliphatic rings. The average Bonchev–Trinajstić information content (AvgIpc) is 2.63. The summed E-state index contributed by atoms with van der Waals surface area (Å²) < 4.78 is 0. The molecule has 2 aromatic carbocycles. The maximum Gasteiger partial charge on any atom is 0.193 e. The number of benzene rings is 2. The number of aryl methyl sites for hydroxylation is 2. The molecule has 0 heterocycles. The molecule has 0 saturated carbocycles. The first-order valence-electron chi connectivity index (χ1n) is 7.43. The Morgan fingerprint density at radius 1 is 0.880 bits per heavy atom. The molecule has 2 rings (SSSR count). The molecule has 120 valence electrons. The van der Waals surface area contributed by atoms with Gasteiger partial charge in [0.25, 0.3) is 0 Å². The highest BCUT2D eigenvalue weighted by Gasteiger charge is 2.12. The van der Waals surface area contributed by atoms with Crippen LogP contribution in [0.15, 0.2) is 53.7 Å². The van der Waals surface area contributed by atoms with Crippen molar-refractivity contribution in [3.63, 3.8) is 0 Å². The van der Waals surface area contributed by atoms with Crippen LogP contribution in [0.1, 0.15) is 27.0 Å². The predicted molar refractivity (Wildman–Crippen MR) is 93.3 cm³/mol. The average molecular weight is 326 g/mol. The Morgan fingerprint density at radius 2 is 1.56 bits per heavy atom. The fraction of sp³-hybridized carbons (Fsp3) is 0.100. The van der Waals surface area contributed by atoms with E-state index < -0.39 is 0 Å². The standard InChI is InChI=1S/C20H14N4O/c1-13-6-7-16(8-14(13)2)20(25)15-4-3-5-18(9-15)24-19(12-23)17(10-21)11-22/h3-9,24H,1-2H3. The minimum absolute atomic E-state index is 0.143. The molecule has 5 heteroatoms. The van der Waals surface area contributed by atoms with Gasteiger partial charge in [0.05, 0.1) is 0 Å². The fourth-order valence-corrected chi connectivity index (χ4v) is 2.22. The zero-order valence-corrected chi connectivity index (χ0v) is 13.8. The molecule has 0 aromatic heterocycles. The third kappa shape index (κ3) is 3.91. The van der Waals surface area contributed by atoms with Crippen LogP contribution in [0.3, 0.4) is 0 Å². The number of carbonyl (C=O) groups is 1. The van der Waals surface area contributed by atoms with Gasteiger partial charge in [-0.2, -0.15) is 15.8 Å². The molecule has 0 aliphatic heterocycles. The fourth-order valence-electron chi connectivity index (χ4n) is 2.22. The van der Waals surface area contributed by atoms with Crippen molar-refractivity contribution in [2.45, 2.75) is 13.8 Å². The van der Waals surface area contributed by atoms with Gasteiger partial charge in [-0.25, -0.2) is 0 Å². The van der Waals surface area contributed by atoms with E-state index in [9.17, 15) is 4.79 Å². The van der Waals surface area contributed by atoms with Gasteiger partial charge >= 0.3 is 0 Å². The van der Waals surface area contributed by atoms with E-state index in [1.54, 1.807) is 48.5 Å². The minimum Gasteiger partial charge on any atom is -0.345 e. The molecule has 2 aromatic rings. The van der Waals surface area contributed by atoms with Crippen molar-refractivity contribution < 1.29 is 4.79 Å². The zero-order valence-electron chi connectivity index (χ0n) is 13.8. The molecule has 0 radical (unpaired) electrons. The lowest BCUT2D eigenvalue weighted by Crippen LogP contribution is -2.05. The summed E-state index contributed by atoms with van der Waals surface area (Å²) in [6.45, 7) is 3.92. The van der Waals surface area contributed by atoms with Crippen LogP contribution >= 0.6 is 0 Å². The number of hydrogen-bond acceptors (Lipinski definition) is 5. The van der Waals surface area contributed by atoms with Crippen LogP contribution in [0.5, 0.6) is 0 Å². The Morgan fingerprint density at radius 3 is 2.16 bits per heavy atom. The van der Waals surface area contributed by atoms with Crippen molar-refractivity contribution in [2.24, 2.45) is 0 Å². The maximum absolute atomic E-state index is 12.7. The second-order valence-electron chi connectivity index (χ2n) is 5.42. The summed E-state index contributed by atoms with van der Waals surface area (Å²) in [6.07, 6.45) is 0. The lowest BCUT2D eigenvalue weighted by atomic mass is 9.99. The molecule has 0 unspecified atom stereocenters. The van der Waals surface area contributed by atoms with Gasteiger partial charge in [-0.1, -0.05) is 24.3 Å². The number of hydrogen-bond donors (Lipinski definition) is 1. The van der Waals surface area contributed by atoms with E-state index in [1.165, 1.54) is 0 Å². The Balaban J connectivity index is 2.36. The monoisotopic (exact) mass is 326 g/mol. The van der Waals surface area contributed by atoms with Crippen LogP contribution in [0.4, 0.5) is 5.69 Å². The Bertz CT molecular complexity index is 982. The van der Waals surface area contributed by atoms with Crippen molar-refractivity contribution >= 4 is 11.5 Å². The van der Waals surface area contributed by atoms with Gasteiger partial charge in [0.2, 0.25) is 0 Å². The number of nitrogens with one attached hydrogen (secondary N) is 1. The number of carbonyl (C=O) groups excluding carboxylic acids is 1. The number of nitriles is 3. The number of nitrogens with zero attached hydrogens (tertiary/aromatic N) is 3. The third-order valence-corrected chi connectivity index (χ3v) is 3.75. The van der Waals surface area contributed by atoms with Gasteiger partial charge in [0.15, 0.2) is 11.4 Å². The van der Waals surface area contributed by atoms with E-state index in [0.29, 0.717) is 16.8 Å². The van der Waals surface area contributed by atoms with E-state index in [-0.39, 0.29) is 17.1 Å².